The van der Waals surface area contributed by atoms with E-state index in [0.29, 0.717) is 23.5 Å². The molecule has 6 nitrogen and oxygen atoms in total. The van der Waals surface area contributed by atoms with Gasteiger partial charge in [-0.2, -0.15) is 0 Å². The summed E-state index contributed by atoms with van der Waals surface area (Å²) in [6.45, 7) is 2.25. The second kappa shape index (κ2) is 5.47. The molecule has 1 aromatic carbocycles. The molecule has 0 spiro atoms. The molecule has 2 saturated heterocycles. The van der Waals surface area contributed by atoms with Crippen molar-refractivity contribution in [3.8, 4) is 0 Å². The highest BCUT2D eigenvalue weighted by atomic mass is 32.2. The third-order valence-electron chi connectivity index (χ3n) is 4.51. The molecule has 2 heterocycles. The van der Waals surface area contributed by atoms with Crippen LogP contribution in [-0.2, 0) is 10.0 Å². The lowest BCUT2D eigenvalue weighted by molar-refractivity contribution is 0.318. The normalized spacial score (nSPS) is 26.0. The van der Waals surface area contributed by atoms with Crippen molar-refractivity contribution in [3.63, 3.8) is 0 Å². The van der Waals surface area contributed by atoms with Crippen molar-refractivity contribution in [2.24, 2.45) is 0 Å². The highest BCUT2D eigenvalue weighted by Crippen LogP contribution is 2.32. The minimum absolute atomic E-state index is 0.224. The summed E-state index contributed by atoms with van der Waals surface area (Å²) in [5, 5.41) is 3.43. The monoisotopic (exact) mass is 310 g/mol. The Balaban J connectivity index is 1.89. The fraction of sp³-hybridized carbons (Fsp3) is 0.571. The average Bonchev–Trinajstić information content (AvgIpc) is 3.05. The standard InChI is InChI=1S/C14H22N4O2S/c1-16-21(19,20)14-9-10(15)4-5-12(14)17-11-6-8-18-7-2-3-13(11)18/h4-5,9,11,13,16-17H,2-3,6-8,15H2,1H3. The maximum absolute atomic E-state index is 12.2. The molecule has 0 radical (unpaired) electrons. The average molecular weight is 310 g/mol. The molecule has 0 aliphatic carbocycles. The van der Waals surface area contributed by atoms with Crippen molar-refractivity contribution in [1.82, 2.24) is 9.62 Å². The Morgan fingerprint density at radius 1 is 1.29 bits per heavy atom. The molecule has 3 rings (SSSR count). The molecular formula is C14H22N4O2S. The van der Waals surface area contributed by atoms with Crippen LogP contribution in [0.1, 0.15) is 19.3 Å². The Kier molecular flexibility index (Phi) is 3.81. The molecule has 4 N–H and O–H groups in total. The number of benzene rings is 1. The molecule has 2 fully saturated rings. The Bertz CT molecular complexity index is 632. The molecule has 0 saturated carbocycles. The summed E-state index contributed by atoms with van der Waals surface area (Å²) in [6, 6.07) is 5.83. The first-order chi connectivity index (χ1) is 10.0. The van der Waals surface area contributed by atoms with E-state index in [1.807, 2.05) is 0 Å². The molecule has 2 aliphatic rings. The Labute approximate surface area is 125 Å². The molecule has 116 valence electrons. The van der Waals surface area contributed by atoms with Gasteiger partial charge in [0.15, 0.2) is 0 Å². The van der Waals surface area contributed by atoms with E-state index in [1.165, 1.54) is 26.0 Å². The number of hydrogen-bond donors (Lipinski definition) is 3. The second-order valence-corrected chi connectivity index (χ2v) is 7.60. The van der Waals surface area contributed by atoms with Gasteiger partial charge in [0.2, 0.25) is 10.0 Å². The van der Waals surface area contributed by atoms with Gasteiger partial charge in [-0.3, -0.25) is 4.90 Å². The third-order valence-corrected chi connectivity index (χ3v) is 5.97. The summed E-state index contributed by atoms with van der Waals surface area (Å²) < 4.78 is 26.7. The quantitative estimate of drug-likeness (QED) is 0.717. The minimum atomic E-state index is -3.52. The molecule has 2 atom stereocenters. The zero-order valence-corrected chi connectivity index (χ0v) is 13.0. The topological polar surface area (TPSA) is 87.5 Å². The summed E-state index contributed by atoms with van der Waals surface area (Å²) in [4.78, 5) is 2.71. The first-order valence-corrected chi connectivity index (χ1v) is 8.83. The van der Waals surface area contributed by atoms with Crippen LogP contribution in [0.4, 0.5) is 11.4 Å². The van der Waals surface area contributed by atoms with Gasteiger partial charge in [0, 0.05) is 24.3 Å². The molecule has 2 unspecified atom stereocenters. The van der Waals surface area contributed by atoms with Gasteiger partial charge >= 0.3 is 0 Å². The van der Waals surface area contributed by atoms with Crippen LogP contribution < -0.4 is 15.8 Å². The van der Waals surface area contributed by atoms with Crippen molar-refractivity contribution in [1.29, 1.82) is 0 Å². The molecule has 1 aromatic rings. The molecule has 7 heteroatoms. The summed E-state index contributed by atoms with van der Waals surface area (Å²) in [6.07, 6.45) is 3.46. The lowest BCUT2D eigenvalue weighted by atomic mass is 10.1. The fourth-order valence-corrected chi connectivity index (χ4v) is 4.37. The van der Waals surface area contributed by atoms with Gasteiger partial charge in [0.1, 0.15) is 4.90 Å². The van der Waals surface area contributed by atoms with E-state index >= 15 is 0 Å². The van der Waals surface area contributed by atoms with Gasteiger partial charge in [-0.25, -0.2) is 13.1 Å². The van der Waals surface area contributed by atoms with Gasteiger partial charge in [-0.15, -0.1) is 0 Å². The number of fused-ring (bicyclic) bond motifs is 1. The predicted molar refractivity (Wildman–Crippen MR) is 83.7 cm³/mol. The summed E-state index contributed by atoms with van der Waals surface area (Å²) >= 11 is 0. The van der Waals surface area contributed by atoms with Crippen LogP contribution in [0.25, 0.3) is 0 Å². The van der Waals surface area contributed by atoms with E-state index in [1.54, 1.807) is 12.1 Å². The summed E-state index contributed by atoms with van der Waals surface area (Å²) in [5.74, 6) is 0. The largest absolute Gasteiger partial charge is 0.399 e. The molecule has 21 heavy (non-hydrogen) atoms. The van der Waals surface area contributed by atoms with Gasteiger partial charge in [0.25, 0.3) is 0 Å². The van der Waals surface area contributed by atoms with E-state index in [4.69, 9.17) is 5.73 Å². The number of nitrogens with one attached hydrogen (secondary N) is 2. The van der Waals surface area contributed by atoms with E-state index in [0.717, 1.165) is 19.5 Å². The number of hydrogen-bond acceptors (Lipinski definition) is 5. The number of nitrogens with zero attached hydrogens (tertiary/aromatic N) is 1. The van der Waals surface area contributed by atoms with Crippen LogP contribution in [0.5, 0.6) is 0 Å². The van der Waals surface area contributed by atoms with Crippen molar-refractivity contribution in [3.05, 3.63) is 18.2 Å². The molecule has 0 amide bonds. The van der Waals surface area contributed by atoms with E-state index in [-0.39, 0.29) is 4.90 Å². The molecular weight excluding hydrogens is 288 g/mol. The minimum Gasteiger partial charge on any atom is -0.399 e. The Hall–Kier alpha value is -1.31. The van der Waals surface area contributed by atoms with Crippen molar-refractivity contribution in [2.45, 2.75) is 36.2 Å². The van der Waals surface area contributed by atoms with Crippen LogP contribution in [0.3, 0.4) is 0 Å². The maximum atomic E-state index is 12.2. The van der Waals surface area contributed by atoms with Crippen LogP contribution in [0.15, 0.2) is 23.1 Å². The Morgan fingerprint density at radius 2 is 2.10 bits per heavy atom. The lowest BCUT2D eigenvalue weighted by Crippen LogP contribution is -2.34. The SMILES string of the molecule is CNS(=O)(=O)c1cc(N)ccc1NC1CCN2CCCC12. The van der Waals surface area contributed by atoms with Crippen LogP contribution in [0.2, 0.25) is 0 Å². The zero-order chi connectivity index (χ0) is 15.0. The zero-order valence-electron chi connectivity index (χ0n) is 12.2. The number of rotatable bonds is 4. The highest BCUT2D eigenvalue weighted by molar-refractivity contribution is 7.89. The molecule has 2 aliphatic heterocycles. The summed E-state index contributed by atoms with van der Waals surface area (Å²) in [5.41, 5.74) is 6.83. The second-order valence-electron chi connectivity index (χ2n) is 5.75. The lowest BCUT2D eigenvalue weighted by Gasteiger charge is -2.23. The van der Waals surface area contributed by atoms with Crippen LogP contribution >= 0.6 is 0 Å². The molecule has 0 bridgehead atoms. The Morgan fingerprint density at radius 3 is 2.86 bits per heavy atom. The smallest absolute Gasteiger partial charge is 0.242 e. The van der Waals surface area contributed by atoms with Crippen LogP contribution in [-0.4, -0.2) is 45.5 Å². The predicted octanol–water partition coefficient (Wildman–Crippen LogP) is 0.825. The number of nitrogen functional groups attached to an aromatic ring is 1. The van der Waals surface area contributed by atoms with Crippen molar-refractivity contribution < 1.29 is 8.42 Å². The van der Waals surface area contributed by atoms with Gasteiger partial charge in [-0.05, 0) is 51.1 Å². The maximum Gasteiger partial charge on any atom is 0.242 e. The summed E-state index contributed by atoms with van der Waals surface area (Å²) in [7, 11) is -2.11. The van der Waals surface area contributed by atoms with E-state index < -0.39 is 10.0 Å². The fourth-order valence-electron chi connectivity index (χ4n) is 3.44. The van der Waals surface area contributed by atoms with Crippen LogP contribution in [0, 0.1) is 0 Å². The van der Waals surface area contributed by atoms with Crippen molar-refractivity contribution >= 4 is 21.4 Å². The first kappa shape index (κ1) is 14.6. The first-order valence-electron chi connectivity index (χ1n) is 7.35. The van der Waals surface area contributed by atoms with Gasteiger partial charge in [0.05, 0.1) is 5.69 Å². The van der Waals surface area contributed by atoms with Gasteiger partial charge in [-0.1, -0.05) is 0 Å². The van der Waals surface area contributed by atoms with Crippen molar-refractivity contribution in [2.75, 3.05) is 31.2 Å². The van der Waals surface area contributed by atoms with Gasteiger partial charge < -0.3 is 11.1 Å². The number of nitrogens with two attached hydrogens (primary N) is 1. The van der Waals surface area contributed by atoms with E-state index in [9.17, 15) is 8.42 Å². The van der Waals surface area contributed by atoms with E-state index in [2.05, 4.69) is 14.9 Å². The highest BCUT2D eigenvalue weighted by Gasteiger charge is 2.37. The third kappa shape index (κ3) is 2.73. The molecule has 0 aromatic heterocycles. The number of sulfonamides is 1. The number of anilines is 2.